The SMILES string of the molecule is CCC(CC)CNC(=NC)NCCCN1CCCN(C)CC1. The van der Waals surface area contributed by atoms with E-state index in [0.29, 0.717) is 0 Å². The molecule has 5 nitrogen and oxygen atoms in total. The molecule has 0 unspecified atom stereocenters. The van der Waals surface area contributed by atoms with E-state index >= 15 is 0 Å². The average molecular weight is 312 g/mol. The number of rotatable bonds is 8. The molecule has 0 atom stereocenters. The van der Waals surface area contributed by atoms with Gasteiger partial charge < -0.3 is 20.4 Å². The van der Waals surface area contributed by atoms with E-state index in [0.717, 1.165) is 25.0 Å². The minimum Gasteiger partial charge on any atom is -0.356 e. The molecule has 0 aromatic heterocycles. The Labute approximate surface area is 137 Å². The van der Waals surface area contributed by atoms with Crippen LogP contribution in [0.5, 0.6) is 0 Å². The summed E-state index contributed by atoms with van der Waals surface area (Å²) in [4.78, 5) is 9.33. The van der Waals surface area contributed by atoms with Crippen molar-refractivity contribution < 1.29 is 0 Å². The lowest BCUT2D eigenvalue weighted by atomic mass is 10.0. The van der Waals surface area contributed by atoms with Crippen LogP contribution in [-0.4, -0.2) is 75.7 Å². The standard InChI is InChI=1S/C17H37N5/c1-5-16(6-2)15-20-17(18-3)19-9-7-11-22-12-8-10-21(4)13-14-22/h16H,5-15H2,1-4H3,(H2,18,19,20). The first kappa shape index (κ1) is 19.2. The fourth-order valence-corrected chi connectivity index (χ4v) is 2.87. The summed E-state index contributed by atoms with van der Waals surface area (Å²) in [5.74, 6) is 1.69. The fraction of sp³-hybridized carbons (Fsp3) is 0.941. The van der Waals surface area contributed by atoms with Gasteiger partial charge in [-0.25, -0.2) is 0 Å². The predicted molar refractivity (Wildman–Crippen MR) is 96.6 cm³/mol. The van der Waals surface area contributed by atoms with Gasteiger partial charge in [-0.3, -0.25) is 4.99 Å². The van der Waals surface area contributed by atoms with Crippen molar-refractivity contribution in [1.82, 2.24) is 20.4 Å². The maximum Gasteiger partial charge on any atom is 0.190 e. The summed E-state index contributed by atoms with van der Waals surface area (Å²) in [5.41, 5.74) is 0. The van der Waals surface area contributed by atoms with Crippen LogP contribution in [0.1, 0.15) is 39.5 Å². The van der Waals surface area contributed by atoms with E-state index in [2.05, 4.69) is 46.3 Å². The van der Waals surface area contributed by atoms with Crippen molar-refractivity contribution in [3.05, 3.63) is 0 Å². The molecule has 130 valence electrons. The molecule has 1 fully saturated rings. The summed E-state index contributed by atoms with van der Waals surface area (Å²) in [7, 11) is 4.08. The van der Waals surface area contributed by atoms with Gasteiger partial charge in [0.05, 0.1) is 0 Å². The van der Waals surface area contributed by atoms with Crippen LogP contribution in [0.3, 0.4) is 0 Å². The number of likely N-dealkylation sites (N-methyl/N-ethyl adjacent to an activating group) is 1. The second kappa shape index (κ2) is 11.7. The van der Waals surface area contributed by atoms with Crippen LogP contribution >= 0.6 is 0 Å². The first-order chi connectivity index (χ1) is 10.7. The molecule has 1 rings (SSSR count). The zero-order valence-corrected chi connectivity index (χ0v) is 15.2. The molecule has 0 spiro atoms. The van der Waals surface area contributed by atoms with Crippen molar-refractivity contribution in [3.8, 4) is 0 Å². The second-order valence-corrected chi connectivity index (χ2v) is 6.41. The van der Waals surface area contributed by atoms with E-state index in [1.165, 1.54) is 58.4 Å². The van der Waals surface area contributed by atoms with Crippen LogP contribution in [0.2, 0.25) is 0 Å². The van der Waals surface area contributed by atoms with E-state index in [1.54, 1.807) is 0 Å². The summed E-state index contributed by atoms with van der Waals surface area (Å²) in [5, 5.41) is 6.88. The Morgan fingerprint density at radius 2 is 1.86 bits per heavy atom. The van der Waals surface area contributed by atoms with E-state index in [-0.39, 0.29) is 0 Å². The molecule has 1 aliphatic heterocycles. The summed E-state index contributed by atoms with van der Waals surface area (Å²) in [6.07, 6.45) is 4.92. The fourth-order valence-electron chi connectivity index (χ4n) is 2.87. The number of nitrogens with zero attached hydrogens (tertiary/aromatic N) is 3. The van der Waals surface area contributed by atoms with Crippen molar-refractivity contribution in [2.45, 2.75) is 39.5 Å². The molecule has 5 heteroatoms. The molecular weight excluding hydrogens is 274 g/mol. The summed E-state index contributed by atoms with van der Waals surface area (Å²) < 4.78 is 0. The summed E-state index contributed by atoms with van der Waals surface area (Å²) in [6, 6.07) is 0. The third-order valence-corrected chi connectivity index (χ3v) is 4.69. The predicted octanol–water partition coefficient (Wildman–Crippen LogP) is 1.62. The maximum absolute atomic E-state index is 4.31. The number of hydrogen-bond acceptors (Lipinski definition) is 3. The highest BCUT2D eigenvalue weighted by Gasteiger charge is 2.11. The molecule has 1 aliphatic rings. The molecule has 0 bridgehead atoms. The maximum atomic E-state index is 4.31. The second-order valence-electron chi connectivity index (χ2n) is 6.41. The van der Waals surface area contributed by atoms with Gasteiger partial charge in [0.2, 0.25) is 0 Å². The minimum atomic E-state index is 0.743. The Bertz CT molecular complexity index is 301. The third kappa shape index (κ3) is 7.99. The van der Waals surface area contributed by atoms with Gasteiger partial charge in [0, 0.05) is 33.2 Å². The number of hydrogen-bond donors (Lipinski definition) is 2. The third-order valence-electron chi connectivity index (χ3n) is 4.69. The van der Waals surface area contributed by atoms with Crippen LogP contribution in [0, 0.1) is 5.92 Å². The van der Waals surface area contributed by atoms with Crippen molar-refractivity contribution in [2.75, 3.05) is 59.9 Å². The Balaban J connectivity index is 2.13. The van der Waals surface area contributed by atoms with Gasteiger partial charge in [-0.1, -0.05) is 26.7 Å². The van der Waals surface area contributed by atoms with Crippen molar-refractivity contribution >= 4 is 5.96 Å². The van der Waals surface area contributed by atoms with E-state index in [1.807, 2.05) is 7.05 Å². The van der Waals surface area contributed by atoms with Gasteiger partial charge in [0.1, 0.15) is 0 Å². The zero-order chi connectivity index (χ0) is 16.2. The lowest BCUT2D eigenvalue weighted by Crippen LogP contribution is -2.41. The lowest BCUT2D eigenvalue weighted by Gasteiger charge is -2.21. The lowest BCUT2D eigenvalue weighted by molar-refractivity contribution is 0.274. The van der Waals surface area contributed by atoms with Crippen LogP contribution < -0.4 is 10.6 Å². The highest BCUT2D eigenvalue weighted by Crippen LogP contribution is 2.05. The van der Waals surface area contributed by atoms with Gasteiger partial charge in [0.15, 0.2) is 5.96 Å². The monoisotopic (exact) mass is 311 g/mol. The molecule has 22 heavy (non-hydrogen) atoms. The molecular formula is C17H37N5. The van der Waals surface area contributed by atoms with E-state index < -0.39 is 0 Å². The molecule has 0 aromatic rings. The van der Waals surface area contributed by atoms with Crippen LogP contribution in [0.25, 0.3) is 0 Å². The van der Waals surface area contributed by atoms with Crippen LogP contribution in [-0.2, 0) is 0 Å². The van der Waals surface area contributed by atoms with Crippen LogP contribution in [0.15, 0.2) is 4.99 Å². The topological polar surface area (TPSA) is 42.9 Å². The largest absolute Gasteiger partial charge is 0.356 e. The van der Waals surface area contributed by atoms with Crippen LogP contribution in [0.4, 0.5) is 0 Å². The number of aliphatic imine (C=N–C) groups is 1. The van der Waals surface area contributed by atoms with Crippen molar-refractivity contribution in [1.29, 1.82) is 0 Å². The van der Waals surface area contributed by atoms with Gasteiger partial charge >= 0.3 is 0 Å². The molecule has 0 radical (unpaired) electrons. The molecule has 0 aliphatic carbocycles. The molecule has 0 aromatic carbocycles. The molecule has 1 heterocycles. The Morgan fingerprint density at radius 3 is 2.55 bits per heavy atom. The zero-order valence-electron chi connectivity index (χ0n) is 15.2. The van der Waals surface area contributed by atoms with Gasteiger partial charge in [-0.2, -0.15) is 0 Å². The highest BCUT2D eigenvalue weighted by atomic mass is 15.2. The average Bonchev–Trinajstić information content (AvgIpc) is 2.74. The van der Waals surface area contributed by atoms with Gasteiger partial charge in [-0.15, -0.1) is 0 Å². The minimum absolute atomic E-state index is 0.743. The molecule has 0 amide bonds. The Kier molecular flexibility index (Phi) is 10.2. The van der Waals surface area contributed by atoms with Crippen molar-refractivity contribution in [3.63, 3.8) is 0 Å². The van der Waals surface area contributed by atoms with E-state index in [9.17, 15) is 0 Å². The quantitative estimate of drug-likeness (QED) is 0.406. The first-order valence-electron chi connectivity index (χ1n) is 9.05. The number of guanidine groups is 1. The molecule has 2 N–H and O–H groups in total. The summed E-state index contributed by atoms with van der Waals surface area (Å²) >= 11 is 0. The van der Waals surface area contributed by atoms with E-state index in [4.69, 9.17) is 0 Å². The van der Waals surface area contributed by atoms with Crippen molar-refractivity contribution in [2.24, 2.45) is 10.9 Å². The summed E-state index contributed by atoms with van der Waals surface area (Å²) in [6.45, 7) is 12.6. The molecule has 1 saturated heterocycles. The normalized spacial score (nSPS) is 18.5. The number of nitrogens with one attached hydrogen (secondary N) is 2. The van der Waals surface area contributed by atoms with Gasteiger partial charge in [-0.05, 0) is 45.4 Å². The smallest absolute Gasteiger partial charge is 0.190 e. The Morgan fingerprint density at radius 1 is 1.09 bits per heavy atom. The molecule has 0 saturated carbocycles. The first-order valence-corrected chi connectivity index (χ1v) is 9.05. The Hall–Kier alpha value is -0.810. The van der Waals surface area contributed by atoms with Gasteiger partial charge in [0.25, 0.3) is 0 Å². The highest BCUT2D eigenvalue weighted by molar-refractivity contribution is 5.79.